The number of halogens is 3. The number of anilines is 2. The van der Waals surface area contributed by atoms with Crippen molar-refractivity contribution in [3.8, 4) is 0 Å². The van der Waals surface area contributed by atoms with Crippen LogP contribution in [0.4, 0.5) is 15.9 Å². The zero-order valence-corrected chi connectivity index (χ0v) is 9.81. The lowest BCUT2D eigenvalue weighted by molar-refractivity contribution is 0.628. The highest BCUT2D eigenvalue weighted by Gasteiger charge is 2.07. The molecule has 0 fully saturated rings. The molecule has 4 nitrogen and oxygen atoms in total. The van der Waals surface area contributed by atoms with E-state index in [9.17, 15) is 9.18 Å². The quantitative estimate of drug-likeness (QED) is 0.885. The molecule has 0 atom stereocenters. The number of rotatable bonds is 2. The highest BCUT2D eigenvalue weighted by Crippen LogP contribution is 2.23. The second-order valence-corrected chi connectivity index (χ2v) is 3.93. The Morgan fingerprint density at radius 3 is 2.82 bits per heavy atom. The molecule has 0 aliphatic rings. The summed E-state index contributed by atoms with van der Waals surface area (Å²) in [6.45, 7) is 0. The smallest absolute Gasteiger partial charge is 0.271 e. The Morgan fingerprint density at radius 1 is 1.35 bits per heavy atom. The first-order chi connectivity index (χ1) is 8.08. The third kappa shape index (κ3) is 2.57. The molecule has 7 heteroatoms. The summed E-state index contributed by atoms with van der Waals surface area (Å²) in [6, 6.07) is 4.03. The van der Waals surface area contributed by atoms with Crippen LogP contribution in [0.2, 0.25) is 10.0 Å². The molecule has 0 aliphatic heterocycles. The number of benzene rings is 1. The first-order valence-electron chi connectivity index (χ1n) is 4.53. The normalized spacial score (nSPS) is 10.3. The third-order valence-corrected chi connectivity index (χ3v) is 2.62. The van der Waals surface area contributed by atoms with Crippen molar-refractivity contribution in [2.75, 3.05) is 5.32 Å². The van der Waals surface area contributed by atoms with Crippen LogP contribution < -0.4 is 10.9 Å². The van der Waals surface area contributed by atoms with Crippen LogP contribution in [0, 0.1) is 5.82 Å². The van der Waals surface area contributed by atoms with Gasteiger partial charge in [0.05, 0.1) is 11.3 Å². The lowest BCUT2D eigenvalue weighted by Crippen LogP contribution is -2.09. The van der Waals surface area contributed by atoms with Gasteiger partial charge in [0, 0.05) is 5.69 Å². The van der Waals surface area contributed by atoms with Crippen LogP contribution in [-0.2, 0) is 0 Å². The first-order valence-corrected chi connectivity index (χ1v) is 5.29. The summed E-state index contributed by atoms with van der Waals surface area (Å²) in [4.78, 5) is 17.4. The molecule has 17 heavy (non-hydrogen) atoms. The van der Waals surface area contributed by atoms with E-state index in [0.29, 0.717) is 5.69 Å². The van der Waals surface area contributed by atoms with Crippen LogP contribution in [0.15, 0.2) is 29.3 Å². The van der Waals surface area contributed by atoms with Crippen LogP contribution >= 0.6 is 23.2 Å². The van der Waals surface area contributed by atoms with Gasteiger partial charge in [-0.15, -0.1) is 0 Å². The SMILES string of the molecule is O=c1[nH]cnc(Nc2ccc(F)c(Cl)c2)c1Cl. The van der Waals surface area contributed by atoms with Gasteiger partial charge in [-0.3, -0.25) is 4.79 Å². The van der Waals surface area contributed by atoms with Crippen molar-refractivity contribution in [2.24, 2.45) is 0 Å². The average molecular weight is 274 g/mol. The Bertz CT molecular complexity index is 615. The predicted octanol–water partition coefficient (Wildman–Crippen LogP) is 2.96. The van der Waals surface area contributed by atoms with Gasteiger partial charge in [-0.1, -0.05) is 23.2 Å². The number of hydrogen-bond acceptors (Lipinski definition) is 3. The fraction of sp³-hybridized carbons (Fsp3) is 0. The second-order valence-electron chi connectivity index (χ2n) is 3.15. The van der Waals surface area contributed by atoms with E-state index < -0.39 is 11.4 Å². The molecule has 0 spiro atoms. The van der Waals surface area contributed by atoms with Crippen molar-refractivity contribution in [1.82, 2.24) is 9.97 Å². The van der Waals surface area contributed by atoms with E-state index in [1.807, 2.05) is 0 Å². The van der Waals surface area contributed by atoms with Gasteiger partial charge in [0.1, 0.15) is 10.8 Å². The summed E-state index contributed by atoms with van der Waals surface area (Å²) in [5.74, 6) is -0.347. The molecular formula is C10H6Cl2FN3O. The topological polar surface area (TPSA) is 57.8 Å². The Kier molecular flexibility index (Phi) is 3.31. The van der Waals surface area contributed by atoms with E-state index >= 15 is 0 Å². The van der Waals surface area contributed by atoms with Crippen molar-refractivity contribution in [1.29, 1.82) is 0 Å². The fourth-order valence-electron chi connectivity index (χ4n) is 1.18. The summed E-state index contributed by atoms with van der Waals surface area (Å²) < 4.78 is 12.9. The minimum absolute atomic E-state index is 0.0315. The van der Waals surface area contributed by atoms with E-state index in [-0.39, 0.29) is 15.9 Å². The van der Waals surface area contributed by atoms with Crippen molar-refractivity contribution >= 4 is 34.7 Å². The van der Waals surface area contributed by atoms with Gasteiger partial charge >= 0.3 is 0 Å². The number of aromatic nitrogens is 2. The number of H-pyrrole nitrogens is 1. The van der Waals surface area contributed by atoms with Crippen LogP contribution in [0.25, 0.3) is 0 Å². The maximum atomic E-state index is 12.9. The van der Waals surface area contributed by atoms with Gasteiger partial charge in [0.15, 0.2) is 5.82 Å². The lowest BCUT2D eigenvalue weighted by Gasteiger charge is -2.06. The second kappa shape index (κ2) is 4.73. The summed E-state index contributed by atoms with van der Waals surface area (Å²) in [5.41, 5.74) is 0.0220. The van der Waals surface area contributed by atoms with Crippen LogP contribution in [0.3, 0.4) is 0 Å². The summed E-state index contributed by atoms with van der Waals surface area (Å²) in [5, 5.41) is 2.66. The van der Waals surface area contributed by atoms with Gasteiger partial charge in [0.25, 0.3) is 5.56 Å². The minimum atomic E-state index is -0.526. The Morgan fingerprint density at radius 2 is 2.12 bits per heavy atom. The zero-order chi connectivity index (χ0) is 12.4. The minimum Gasteiger partial charge on any atom is -0.339 e. The highest BCUT2D eigenvalue weighted by atomic mass is 35.5. The van der Waals surface area contributed by atoms with Crippen molar-refractivity contribution in [3.05, 3.63) is 50.7 Å². The largest absolute Gasteiger partial charge is 0.339 e. The van der Waals surface area contributed by atoms with Crippen LogP contribution in [-0.4, -0.2) is 9.97 Å². The van der Waals surface area contributed by atoms with Gasteiger partial charge in [-0.2, -0.15) is 0 Å². The molecule has 0 saturated carbocycles. The molecule has 0 amide bonds. The van der Waals surface area contributed by atoms with E-state index in [1.54, 1.807) is 0 Å². The van der Waals surface area contributed by atoms with Crippen LogP contribution in [0.1, 0.15) is 0 Å². The number of hydrogen-bond donors (Lipinski definition) is 2. The standard InChI is InChI=1S/C10H6Cl2FN3O/c11-6-3-5(1-2-7(6)13)16-9-8(12)10(17)15-4-14-9/h1-4H,(H2,14,15,16,17). The highest BCUT2D eigenvalue weighted by molar-refractivity contribution is 6.33. The number of nitrogens with one attached hydrogen (secondary N) is 2. The van der Waals surface area contributed by atoms with Crippen LogP contribution in [0.5, 0.6) is 0 Å². The third-order valence-electron chi connectivity index (χ3n) is 1.98. The molecule has 88 valence electrons. The Labute approximate surface area is 105 Å². The molecule has 1 aromatic carbocycles. The molecule has 0 radical (unpaired) electrons. The number of aromatic amines is 1. The summed E-state index contributed by atoms with van der Waals surface area (Å²) in [6.07, 6.45) is 1.21. The van der Waals surface area contributed by atoms with Gasteiger partial charge in [0.2, 0.25) is 0 Å². The zero-order valence-electron chi connectivity index (χ0n) is 8.30. The maximum absolute atomic E-state index is 12.9. The van der Waals surface area contributed by atoms with E-state index in [1.165, 1.54) is 24.5 Å². The average Bonchev–Trinajstić information content (AvgIpc) is 2.30. The predicted molar refractivity (Wildman–Crippen MR) is 64.6 cm³/mol. The molecule has 1 heterocycles. The molecular weight excluding hydrogens is 268 g/mol. The lowest BCUT2D eigenvalue weighted by atomic mass is 10.3. The van der Waals surface area contributed by atoms with Gasteiger partial charge < -0.3 is 10.3 Å². The van der Waals surface area contributed by atoms with E-state index in [0.717, 1.165) is 0 Å². The van der Waals surface area contributed by atoms with E-state index in [2.05, 4.69) is 15.3 Å². The van der Waals surface area contributed by atoms with Crippen molar-refractivity contribution in [2.45, 2.75) is 0 Å². The number of nitrogens with zero attached hydrogens (tertiary/aromatic N) is 1. The fourth-order valence-corrected chi connectivity index (χ4v) is 1.51. The Balaban J connectivity index is 2.35. The molecule has 0 unspecified atom stereocenters. The van der Waals surface area contributed by atoms with Gasteiger partial charge in [-0.25, -0.2) is 9.37 Å². The van der Waals surface area contributed by atoms with Gasteiger partial charge in [-0.05, 0) is 18.2 Å². The first kappa shape index (κ1) is 11.9. The monoisotopic (exact) mass is 273 g/mol. The molecule has 0 saturated heterocycles. The van der Waals surface area contributed by atoms with Crippen molar-refractivity contribution in [3.63, 3.8) is 0 Å². The molecule has 2 rings (SSSR count). The molecule has 0 aliphatic carbocycles. The summed E-state index contributed by atoms with van der Waals surface area (Å²) >= 11 is 11.4. The molecule has 2 N–H and O–H groups in total. The maximum Gasteiger partial charge on any atom is 0.271 e. The molecule has 2 aromatic rings. The summed E-state index contributed by atoms with van der Waals surface area (Å²) in [7, 11) is 0. The molecule has 1 aromatic heterocycles. The van der Waals surface area contributed by atoms with E-state index in [4.69, 9.17) is 23.2 Å². The molecule has 0 bridgehead atoms. The van der Waals surface area contributed by atoms with Crippen molar-refractivity contribution < 1.29 is 4.39 Å². The Hall–Kier alpha value is -1.59.